The van der Waals surface area contributed by atoms with Crippen LogP contribution in [0.5, 0.6) is 11.5 Å². The fraction of sp³-hybridized carbons (Fsp3) is 0.462. The van der Waals surface area contributed by atoms with Gasteiger partial charge in [0.2, 0.25) is 10.0 Å². The van der Waals surface area contributed by atoms with Crippen LogP contribution in [-0.2, 0) is 10.0 Å². The molecule has 1 amide bonds. The van der Waals surface area contributed by atoms with Gasteiger partial charge in [-0.2, -0.15) is 4.31 Å². The van der Waals surface area contributed by atoms with E-state index in [2.05, 4.69) is 6.92 Å². The quantitative estimate of drug-likeness (QED) is 0.401. The van der Waals surface area contributed by atoms with Gasteiger partial charge in [0.25, 0.3) is 5.91 Å². The number of hydrogen-bond acceptors (Lipinski definition) is 8. The topological polar surface area (TPSA) is 92.3 Å². The van der Waals surface area contributed by atoms with E-state index in [9.17, 15) is 13.2 Å². The summed E-state index contributed by atoms with van der Waals surface area (Å²) in [6, 6.07) is 9.82. The molecule has 0 spiro atoms. The number of ether oxygens (including phenoxy) is 2. The average molecular weight is 547 g/mol. The van der Waals surface area contributed by atoms with Gasteiger partial charge in [0.1, 0.15) is 21.7 Å². The Morgan fingerprint density at radius 3 is 2.38 bits per heavy atom. The van der Waals surface area contributed by atoms with Crippen molar-refractivity contribution >= 4 is 42.6 Å². The Morgan fingerprint density at radius 1 is 1.08 bits per heavy atom. The van der Waals surface area contributed by atoms with Crippen LogP contribution < -0.4 is 14.4 Å². The van der Waals surface area contributed by atoms with Crippen molar-refractivity contribution < 1.29 is 22.7 Å². The second-order valence-corrected chi connectivity index (χ2v) is 12.5. The highest BCUT2D eigenvalue weighted by atomic mass is 32.2. The zero-order valence-electron chi connectivity index (χ0n) is 21.9. The molecule has 37 heavy (non-hydrogen) atoms. The van der Waals surface area contributed by atoms with E-state index in [1.807, 2.05) is 25.1 Å². The van der Waals surface area contributed by atoms with Gasteiger partial charge in [0, 0.05) is 31.7 Å². The Balaban J connectivity index is 1.66. The lowest BCUT2D eigenvalue weighted by atomic mass is 10.0. The van der Waals surface area contributed by atoms with E-state index < -0.39 is 10.0 Å². The molecule has 0 bridgehead atoms. The number of carbonyl (C=O) groups is 1. The molecular weight excluding hydrogens is 512 g/mol. The molecule has 0 saturated carbocycles. The summed E-state index contributed by atoms with van der Waals surface area (Å²) in [6.07, 6.45) is 1.89. The molecule has 2 aromatic carbocycles. The summed E-state index contributed by atoms with van der Waals surface area (Å²) in [7, 11) is 3.45. The van der Waals surface area contributed by atoms with Gasteiger partial charge in [0.05, 0.1) is 19.1 Å². The highest BCUT2D eigenvalue weighted by Gasteiger charge is 2.29. The first-order valence-electron chi connectivity index (χ1n) is 12.2. The Labute approximate surface area is 222 Å². The number of methoxy groups -OCH3 is 2. The number of rotatable bonds is 9. The molecule has 3 aromatic rings. The highest BCUT2D eigenvalue weighted by molar-refractivity contribution is 7.89. The molecule has 200 valence electrons. The van der Waals surface area contributed by atoms with Crippen LogP contribution in [0.4, 0.5) is 5.13 Å². The lowest BCUT2D eigenvalue weighted by Gasteiger charge is -2.30. The van der Waals surface area contributed by atoms with Crippen molar-refractivity contribution in [3.05, 3.63) is 42.0 Å². The van der Waals surface area contributed by atoms with E-state index in [0.29, 0.717) is 59.8 Å². The summed E-state index contributed by atoms with van der Waals surface area (Å²) >= 11 is 1.36. The molecule has 4 rings (SSSR count). The van der Waals surface area contributed by atoms with Crippen molar-refractivity contribution in [3.63, 3.8) is 0 Å². The summed E-state index contributed by atoms with van der Waals surface area (Å²) in [6.45, 7) is 4.14. The minimum atomic E-state index is -3.60. The highest BCUT2D eigenvalue weighted by Crippen LogP contribution is 2.40. The summed E-state index contributed by atoms with van der Waals surface area (Å²) in [4.78, 5) is 22.3. The predicted molar refractivity (Wildman–Crippen MR) is 147 cm³/mol. The number of sulfonamides is 1. The van der Waals surface area contributed by atoms with E-state index in [4.69, 9.17) is 14.5 Å². The van der Waals surface area contributed by atoms with Gasteiger partial charge in [-0.15, -0.1) is 0 Å². The largest absolute Gasteiger partial charge is 0.495 e. The van der Waals surface area contributed by atoms with Crippen molar-refractivity contribution in [2.45, 2.75) is 24.7 Å². The zero-order chi connectivity index (χ0) is 26.7. The Hall–Kier alpha value is -2.73. The third kappa shape index (κ3) is 5.74. The van der Waals surface area contributed by atoms with Gasteiger partial charge in [-0.1, -0.05) is 18.3 Å². The van der Waals surface area contributed by atoms with E-state index in [-0.39, 0.29) is 10.8 Å². The number of thiazole rings is 1. The van der Waals surface area contributed by atoms with Crippen molar-refractivity contribution in [1.29, 1.82) is 0 Å². The van der Waals surface area contributed by atoms with Gasteiger partial charge in [-0.3, -0.25) is 9.69 Å². The third-order valence-electron chi connectivity index (χ3n) is 6.50. The maximum atomic E-state index is 13.7. The van der Waals surface area contributed by atoms with Crippen LogP contribution in [-0.4, -0.2) is 83.0 Å². The Kier molecular flexibility index (Phi) is 8.37. The minimum Gasteiger partial charge on any atom is -0.495 e. The normalized spacial score (nSPS) is 16.8. The second kappa shape index (κ2) is 11.3. The molecule has 9 nitrogen and oxygen atoms in total. The molecule has 1 atom stereocenters. The predicted octanol–water partition coefficient (Wildman–Crippen LogP) is 3.94. The number of anilines is 1. The number of hydrogen-bond donors (Lipinski definition) is 0. The Morgan fingerprint density at radius 2 is 1.76 bits per heavy atom. The smallest absolute Gasteiger partial charge is 0.260 e. The van der Waals surface area contributed by atoms with Crippen LogP contribution in [0.1, 0.15) is 30.1 Å². The van der Waals surface area contributed by atoms with E-state index in [0.717, 1.165) is 17.5 Å². The lowest BCUT2D eigenvalue weighted by molar-refractivity contribution is 0.0985. The van der Waals surface area contributed by atoms with Crippen LogP contribution in [0.25, 0.3) is 10.2 Å². The first-order chi connectivity index (χ1) is 17.6. The molecule has 11 heteroatoms. The monoisotopic (exact) mass is 546 g/mol. The maximum Gasteiger partial charge on any atom is 0.260 e. The Bertz CT molecular complexity index is 1310. The maximum absolute atomic E-state index is 13.7. The van der Waals surface area contributed by atoms with Crippen molar-refractivity contribution in [3.8, 4) is 11.5 Å². The molecule has 0 N–H and O–H groups in total. The number of likely N-dealkylation sites (N-methyl/N-ethyl adjacent to an activating group) is 1. The first-order valence-corrected chi connectivity index (χ1v) is 14.5. The van der Waals surface area contributed by atoms with Gasteiger partial charge in [-0.25, -0.2) is 13.4 Å². The fourth-order valence-electron chi connectivity index (χ4n) is 4.41. The van der Waals surface area contributed by atoms with Crippen LogP contribution in [0.3, 0.4) is 0 Å². The van der Waals surface area contributed by atoms with Crippen LogP contribution in [0.15, 0.2) is 41.3 Å². The summed E-state index contributed by atoms with van der Waals surface area (Å²) in [5.41, 5.74) is 1.02. The summed E-state index contributed by atoms with van der Waals surface area (Å²) in [5, 5.41) is 0.517. The number of carbonyl (C=O) groups excluding carboxylic acids is 1. The molecule has 1 fully saturated rings. The standard InChI is InChI=1S/C26H34N4O5S2/c1-18-7-6-14-29(17-18)37(32,33)20-10-8-19(9-11-20)25(31)30(16-15-28(2)3)26-27-23-21(34-4)12-13-22(35-5)24(23)36-26/h8-13,18H,6-7,14-17H2,1-5H3. The molecular formula is C26H34N4O5S2. The molecule has 1 unspecified atom stereocenters. The van der Waals surface area contributed by atoms with Crippen LogP contribution in [0, 0.1) is 5.92 Å². The first kappa shape index (κ1) is 27.3. The van der Waals surface area contributed by atoms with Crippen LogP contribution >= 0.6 is 11.3 Å². The zero-order valence-corrected chi connectivity index (χ0v) is 23.6. The molecule has 1 aromatic heterocycles. The van der Waals surface area contributed by atoms with Crippen molar-refractivity contribution in [2.24, 2.45) is 5.92 Å². The van der Waals surface area contributed by atoms with E-state index in [1.54, 1.807) is 41.6 Å². The number of aromatic nitrogens is 1. The number of amides is 1. The lowest BCUT2D eigenvalue weighted by Crippen LogP contribution is -2.39. The van der Waals surface area contributed by atoms with E-state index in [1.165, 1.54) is 23.5 Å². The number of piperidine rings is 1. The summed E-state index contributed by atoms with van der Waals surface area (Å²) in [5.74, 6) is 1.33. The SMILES string of the molecule is COc1ccc(OC)c2sc(N(CCN(C)C)C(=O)c3ccc(S(=O)(=O)N4CCCC(C)C4)cc3)nc12. The van der Waals surface area contributed by atoms with E-state index >= 15 is 0 Å². The fourth-order valence-corrected chi connectivity index (χ4v) is 7.11. The van der Waals surface area contributed by atoms with Gasteiger partial charge < -0.3 is 14.4 Å². The van der Waals surface area contributed by atoms with Crippen LogP contribution in [0.2, 0.25) is 0 Å². The number of fused-ring (bicyclic) bond motifs is 1. The molecule has 1 saturated heterocycles. The molecule has 0 radical (unpaired) electrons. The number of nitrogens with zero attached hydrogens (tertiary/aromatic N) is 4. The number of benzene rings is 2. The van der Waals surface area contributed by atoms with Gasteiger partial charge >= 0.3 is 0 Å². The van der Waals surface area contributed by atoms with Crippen molar-refractivity contribution in [1.82, 2.24) is 14.2 Å². The molecule has 2 heterocycles. The van der Waals surface area contributed by atoms with Gasteiger partial charge in [0.15, 0.2) is 5.13 Å². The second-order valence-electron chi connectivity index (χ2n) is 9.54. The average Bonchev–Trinajstić information content (AvgIpc) is 3.33. The van der Waals surface area contributed by atoms with Gasteiger partial charge in [-0.05, 0) is 69.3 Å². The molecule has 0 aliphatic carbocycles. The molecule has 1 aliphatic heterocycles. The summed E-state index contributed by atoms with van der Waals surface area (Å²) < 4.78 is 39.6. The molecule has 1 aliphatic rings. The third-order valence-corrected chi connectivity index (χ3v) is 9.48. The van der Waals surface area contributed by atoms with Crippen molar-refractivity contribution in [2.75, 3.05) is 59.4 Å². The minimum absolute atomic E-state index is 0.201.